The fourth-order valence-corrected chi connectivity index (χ4v) is 0. The fraction of sp³-hybridized carbons (Fsp3) is 0. The minimum atomic E-state index is 0. The van der Waals surface area contributed by atoms with E-state index in [4.69, 9.17) is 5.26 Å². The van der Waals surface area contributed by atoms with Crippen molar-refractivity contribution in [2.75, 3.05) is 0 Å². The molecule has 0 atom stereocenters. The van der Waals surface area contributed by atoms with E-state index in [1.165, 1.54) is 0 Å². The molecule has 0 spiro atoms. The van der Waals surface area contributed by atoms with Gasteiger partial charge >= 0.3 is 88.5 Å². The molecule has 5 heteroatoms. The van der Waals surface area contributed by atoms with E-state index < -0.39 is 0 Å². The van der Waals surface area contributed by atoms with Crippen molar-refractivity contribution in [1.82, 2.24) is 0 Å². The molecular weight excluding hydrogens is 238 g/mol. The van der Waals surface area contributed by atoms with Crippen LogP contribution in [0, 0.1) is 10.2 Å². The molecule has 0 N–H and O–H groups in total. The Hall–Kier alpha value is 2.63. The first-order chi connectivity index (χ1) is 1.91. The summed E-state index contributed by atoms with van der Waals surface area (Å²) in [6.45, 7) is 0. The van der Waals surface area contributed by atoms with Crippen molar-refractivity contribution >= 4 is 51.4 Å². The van der Waals surface area contributed by atoms with E-state index in [1.807, 2.05) is 0 Å². The van der Waals surface area contributed by atoms with Crippen LogP contribution in [0.5, 0.6) is 0 Å². The van der Waals surface area contributed by atoms with Crippen molar-refractivity contribution in [3.63, 3.8) is 0 Å². The first-order valence-corrected chi connectivity index (χ1v) is 2.85. The van der Waals surface area contributed by atoms with Crippen molar-refractivity contribution in [2.45, 2.75) is 0 Å². The summed E-state index contributed by atoms with van der Waals surface area (Å²) in [6, 6.07) is 0. The second kappa shape index (κ2) is 15.6. The zero-order valence-corrected chi connectivity index (χ0v) is 5.01. The monoisotopic (exact) mass is 238 g/mol. The van der Waals surface area contributed by atoms with Gasteiger partial charge in [-0.05, 0) is 0 Å². The Morgan fingerprint density at radius 2 is 1.83 bits per heavy atom. The smallest absolute Gasteiger partial charge is 0 e. The summed E-state index contributed by atoms with van der Waals surface area (Å²) < 4.78 is 0. The van der Waals surface area contributed by atoms with Crippen LogP contribution < -0.4 is 0 Å². The molecule has 0 unspecified atom stereocenters. The predicted octanol–water partition coefficient (Wildman–Crippen LogP) is -0.639. The third kappa shape index (κ3) is 15.9. The van der Waals surface area contributed by atoms with Crippen LogP contribution in [0.15, 0.2) is 0 Å². The van der Waals surface area contributed by atoms with Crippen LogP contribution >= 0.6 is 0 Å². The summed E-state index contributed by atoms with van der Waals surface area (Å²) in [6.07, 6.45) is 0. The van der Waals surface area contributed by atoms with E-state index in [1.54, 1.807) is 4.97 Å². The summed E-state index contributed by atoms with van der Waals surface area (Å²) in [5, 5.41) is 7.53. The Kier molecular flexibility index (Phi) is 41.3. The van der Waals surface area contributed by atoms with Gasteiger partial charge in [-0.2, -0.15) is 0 Å². The molecule has 39 valence electrons. The Labute approximate surface area is 103 Å². The van der Waals surface area contributed by atoms with Crippen molar-refractivity contribution in [3.8, 4) is 4.97 Å². The van der Waals surface area contributed by atoms with Gasteiger partial charge in [0, 0.05) is 16.5 Å². The molecule has 0 rings (SSSR count). The molecule has 0 aliphatic carbocycles. The Morgan fingerprint density at radius 3 is 1.83 bits per heavy atom. The molecule has 0 fully saturated rings. The number of nitriles is 1. The quantitative estimate of drug-likeness (QED) is 0.516. The van der Waals surface area contributed by atoms with Gasteiger partial charge in [-0.3, -0.25) is 0 Å². The van der Waals surface area contributed by atoms with Crippen LogP contribution in [0.3, 0.4) is 0 Å². The second-order valence-electron chi connectivity index (χ2n) is 0.135. The SMILES string of the molecule is N#[C][Fe][Ni].[KH].[Ni]. The molecule has 0 aromatic carbocycles. The normalized spacial score (nSPS) is 4.17. The van der Waals surface area contributed by atoms with Gasteiger partial charge in [0.1, 0.15) is 0 Å². The summed E-state index contributed by atoms with van der Waals surface area (Å²) in [5.41, 5.74) is 0. The Balaban J connectivity index is -0.0000000450. The maximum Gasteiger partial charge on any atom is 0 e. The van der Waals surface area contributed by atoms with Crippen molar-refractivity contribution in [2.24, 2.45) is 0 Å². The van der Waals surface area contributed by atoms with Crippen molar-refractivity contribution in [3.05, 3.63) is 0 Å². The molecule has 0 amide bonds. The average molecular weight is 239 g/mol. The van der Waals surface area contributed by atoms with Crippen LogP contribution in [0.2, 0.25) is 0 Å². The molecule has 6 heavy (non-hydrogen) atoms. The predicted molar refractivity (Wildman–Crippen MR) is 12.8 cm³/mol. The second-order valence-corrected chi connectivity index (χ2v) is 1.28. The molecule has 0 saturated carbocycles. The van der Waals surface area contributed by atoms with E-state index in [2.05, 4.69) is 13.7 Å². The number of hydrogen-bond donors (Lipinski definition) is 0. The van der Waals surface area contributed by atoms with Crippen LogP contribution in [-0.4, -0.2) is 51.4 Å². The van der Waals surface area contributed by atoms with Crippen LogP contribution in [0.1, 0.15) is 0 Å². The maximum absolute atomic E-state index is 7.53. The standard InChI is InChI=1S/CN.Fe.K.2Ni.H/c1-2;;;;;. The van der Waals surface area contributed by atoms with Crippen LogP contribution in [-0.2, 0) is 43.4 Å². The first kappa shape index (κ1) is 15.9. The van der Waals surface area contributed by atoms with Gasteiger partial charge in [0.25, 0.3) is 0 Å². The van der Waals surface area contributed by atoms with Crippen LogP contribution in [0.25, 0.3) is 0 Å². The van der Waals surface area contributed by atoms with Gasteiger partial charge in [-0.25, -0.2) is 0 Å². The van der Waals surface area contributed by atoms with E-state index in [0.29, 0.717) is 0 Å². The summed E-state index contributed by atoms with van der Waals surface area (Å²) >= 11 is 4.20. The van der Waals surface area contributed by atoms with Gasteiger partial charge < -0.3 is 0 Å². The van der Waals surface area contributed by atoms with E-state index in [9.17, 15) is 0 Å². The molecule has 0 heterocycles. The van der Waals surface area contributed by atoms with Gasteiger partial charge in [0.2, 0.25) is 0 Å². The number of hydrogen-bond acceptors (Lipinski definition) is 1. The van der Waals surface area contributed by atoms with Crippen molar-refractivity contribution in [1.29, 1.82) is 5.26 Å². The van der Waals surface area contributed by atoms with E-state index in [0.717, 1.165) is 0 Å². The Bertz CT molecular complexity index is 43.3. The number of nitrogens with zero attached hydrogens (tertiary/aromatic N) is 1. The van der Waals surface area contributed by atoms with Crippen molar-refractivity contribution < 1.29 is 43.4 Å². The molecular formula is CHFeKNNi2. The molecule has 1 nitrogen and oxygen atoms in total. The molecule has 0 saturated heterocycles. The van der Waals surface area contributed by atoms with E-state index >= 15 is 0 Å². The summed E-state index contributed by atoms with van der Waals surface area (Å²) in [4.78, 5) is 1.76. The molecule has 0 radical (unpaired) electrons. The Morgan fingerprint density at radius 1 is 1.67 bits per heavy atom. The molecule has 0 aliphatic heterocycles. The summed E-state index contributed by atoms with van der Waals surface area (Å²) in [5.74, 6) is 0. The molecule has 0 aliphatic rings. The van der Waals surface area contributed by atoms with E-state index in [-0.39, 0.29) is 81.1 Å². The molecule has 0 bridgehead atoms. The first-order valence-electron chi connectivity index (χ1n) is 0.512. The molecule has 0 aromatic heterocycles. The number of rotatable bonds is 0. The third-order valence-electron chi connectivity index (χ3n) is 0.0250. The summed E-state index contributed by atoms with van der Waals surface area (Å²) in [7, 11) is 0. The topological polar surface area (TPSA) is 23.8 Å². The van der Waals surface area contributed by atoms with Gasteiger partial charge in [-0.1, -0.05) is 0 Å². The molecule has 0 aromatic rings. The largest absolute Gasteiger partial charge is 0 e. The van der Waals surface area contributed by atoms with Gasteiger partial charge in [0.15, 0.2) is 0 Å². The maximum atomic E-state index is 7.53. The van der Waals surface area contributed by atoms with Gasteiger partial charge in [-0.15, -0.1) is 0 Å². The van der Waals surface area contributed by atoms with Crippen LogP contribution in [0.4, 0.5) is 0 Å². The fourth-order valence-electron chi connectivity index (χ4n) is 0. The van der Waals surface area contributed by atoms with Gasteiger partial charge in [0.05, 0.1) is 0 Å². The zero-order chi connectivity index (χ0) is 3.41. The third-order valence-corrected chi connectivity index (χ3v) is 0.425. The minimum Gasteiger partial charge on any atom is 0 e. The average Bonchev–Trinajstić information content (AvgIpc) is 1.37. The zero-order valence-electron chi connectivity index (χ0n) is 1.93. The minimum absolute atomic E-state index is 0.